The van der Waals surface area contributed by atoms with Crippen LogP contribution in [0.1, 0.15) is 74.7 Å². The predicted octanol–water partition coefficient (Wildman–Crippen LogP) is 6.01. The SMILES string of the molecule is CC[C@H]1C2(C)CC(C)C3C(C)[C@]1(C)C[C@]32[C@@H](C)C(C)C. The summed E-state index contributed by atoms with van der Waals surface area (Å²) in [5.74, 6) is 5.51. The molecule has 0 heterocycles. The second-order valence-electron chi connectivity index (χ2n) is 9.63. The molecule has 0 aromatic carbocycles. The van der Waals surface area contributed by atoms with E-state index in [0.717, 1.165) is 35.5 Å². The van der Waals surface area contributed by atoms with E-state index in [0.29, 0.717) is 16.2 Å². The molecule has 4 unspecified atom stereocenters. The molecule has 0 amide bonds. The molecule has 20 heavy (non-hydrogen) atoms. The molecule has 0 nitrogen and oxygen atoms in total. The fourth-order valence-corrected chi connectivity index (χ4v) is 8.47. The molecule has 0 N–H and O–H groups in total. The summed E-state index contributed by atoms with van der Waals surface area (Å²) in [6.07, 6.45) is 4.40. The van der Waals surface area contributed by atoms with E-state index in [1.54, 1.807) is 0 Å². The van der Waals surface area contributed by atoms with Crippen molar-refractivity contribution in [1.82, 2.24) is 0 Å². The maximum absolute atomic E-state index is 2.69. The molecule has 2 bridgehead atoms. The molecule has 116 valence electrons. The topological polar surface area (TPSA) is 0 Å². The second-order valence-corrected chi connectivity index (χ2v) is 9.63. The van der Waals surface area contributed by atoms with Crippen LogP contribution in [-0.4, -0.2) is 0 Å². The summed E-state index contributed by atoms with van der Waals surface area (Å²) in [7, 11) is 0. The first-order valence-electron chi connectivity index (χ1n) is 9.16. The number of hydrogen-bond acceptors (Lipinski definition) is 0. The van der Waals surface area contributed by atoms with Gasteiger partial charge in [-0.1, -0.05) is 61.8 Å². The zero-order chi connectivity index (χ0) is 15.1. The Hall–Kier alpha value is 0. The van der Waals surface area contributed by atoms with E-state index in [1.807, 2.05) is 0 Å². The standard InChI is InChI=1S/C20H36/c1-9-16-18(7)11-20(14(5)12(2)3)17(15(18)6)13(4)10-19(16,20)8/h12-17H,9-11H2,1-8H3/t13?,14-,15?,16+,17?,18-,19?,20-/m0/s1. The molecule has 3 rings (SSSR count). The number of hydrogen-bond donors (Lipinski definition) is 0. The molecule has 0 aromatic heterocycles. The van der Waals surface area contributed by atoms with Crippen molar-refractivity contribution in [2.24, 2.45) is 51.8 Å². The van der Waals surface area contributed by atoms with E-state index >= 15 is 0 Å². The van der Waals surface area contributed by atoms with Crippen molar-refractivity contribution >= 4 is 0 Å². The van der Waals surface area contributed by atoms with E-state index < -0.39 is 0 Å². The highest BCUT2D eigenvalue weighted by Gasteiger charge is 2.79. The van der Waals surface area contributed by atoms with Gasteiger partial charge in [0.2, 0.25) is 0 Å². The lowest BCUT2D eigenvalue weighted by molar-refractivity contribution is -0.0699. The van der Waals surface area contributed by atoms with Gasteiger partial charge in [-0.3, -0.25) is 0 Å². The van der Waals surface area contributed by atoms with E-state index in [9.17, 15) is 0 Å². The third-order valence-corrected chi connectivity index (χ3v) is 9.06. The van der Waals surface area contributed by atoms with Gasteiger partial charge in [0.05, 0.1) is 0 Å². The van der Waals surface area contributed by atoms with Crippen LogP contribution in [0.5, 0.6) is 0 Å². The van der Waals surface area contributed by atoms with Gasteiger partial charge in [-0.25, -0.2) is 0 Å². The summed E-state index contributed by atoms with van der Waals surface area (Å²) in [5.41, 5.74) is 1.86. The van der Waals surface area contributed by atoms with Crippen LogP contribution in [0.3, 0.4) is 0 Å². The number of fused-ring (bicyclic) bond motifs is 1. The summed E-state index contributed by atoms with van der Waals surface area (Å²) in [6.45, 7) is 20.5. The molecule has 3 aliphatic rings. The van der Waals surface area contributed by atoms with Crippen LogP contribution in [0.2, 0.25) is 0 Å². The van der Waals surface area contributed by atoms with E-state index in [1.165, 1.54) is 19.3 Å². The Balaban J connectivity index is 2.19. The van der Waals surface area contributed by atoms with E-state index in [4.69, 9.17) is 0 Å². The van der Waals surface area contributed by atoms with Crippen molar-refractivity contribution in [2.45, 2.75) is 74.7 Å². The minimum atomic E-state index is 0.608. The van der Waals surface area contributed by atoms with Gasteiger partial charge in [0, 0.05) is 0 Å². The Kier molecular flexibility index (Phi) is 3.02. The molecule has 8 atom stereocenters. The summed E-state index contributed by atoms with van der Waals surface area (Å²) in [6, 6.07) is 0. The Labute approximate surface area is 127 Å². The summed E-state index contributed by atoms with van der Waals surface area (Å²) < 4.78 is 0. The third kappa shape index (κ3) is 1.27. The Morgan fingerprint density at radius 3 is 2.20 bits per heavy atom. The van der Waals surface area contributed by atoms with Gasteiger partial charge in [0.1, 0.15) is 0 Å². The molecule has 3 fully saturated rings. The molecule has 0 spiro atoms. The van der Waals surface area contributed by atoms with Gasteiger partial charge in [-0.05, 0) is 64.6 Å². The summed E-state index contributed by atoms with van der Waals surface area (Å²) in [4.78, 5) is 0. The first-order valence-corrected chi connectivity index (χ1v) is 9.16. The van der Waals surface area contributed by atoms with Gasteiger partial charge in [-0.2, -0.15) is 0 Å². The normalized spacial score (nSPS) is 58.6. The van der Waals surface area contributed by atoms with E-state index in [-0.39, 0.29) is 0 Å². The third-order valence-electron chi connectivity index (χ3n) is 9.06. The maximum atomic E-state index is 2.69. The number of rotatable bonds is 3. The van der Waals surface area contributed by atoms with Crippen molar-refractivity contribution in [3.8, 4) is 0 Å². The van der Waals surface area contributed by atoms with Crippen LogP contribution in [0.4, 0.5) is 0 Å². The van der Waals surface area contributed by atoms with Gasteiger partial charge in [0.25, 0.3) is 0 Å². The molecule has 0 heteroatoms. The fourth-order valence-electron chi connectivity index (χ4n) is 8.47. The van der Waals surface area contributed by atoms with Gasteiger partial charge >= 0.3 is 0 Å². The highest BCUT2D eigenvalue weighted by atomic mass is 14.8. The van der Waals surface area contributed by atoms with Crippen LogP contribution < -0.4 is 0 Å². The van der Waals surface area contributed by atoms with Crippen LogP contribution in [-0.2, 0) is 0 Å². The first-order chi connectivity index (χ1) is 9.16. The second kappa shape index (κ2) is 4.05. The lowest BCUT2D eigenvalue weighted by atomic mass is 9.50. The maximum Gasteiger partial charge on any atom is -0.0174 e. The minimum Gasteiger partial charge on any atom is -0.0651 e. The lowest BCUT2D eigenvalue weighted by Crippen LogP contribution is -2.49. The Bertz CT molecular complexity index is 410. The van der Waals surface area contributed by atoms with Crippen molar-refractivity contribution in [1.29, 1.82) is 0 Å². The lowest BCUT2D eigenvalue weighted by Gasteiger charge is -2.54. The molecule has 0 aromatic rings. The van der Waals surface area contributed by atoms with Crippen molar-refractivity contribution in [3.05, 3.63) is 0 Å². The molecule has 0 radical (unpaired) electrons. The minimum absolute atomic E-state index is 0.608. The predicted molar refractivity (Wildman–Crippen MR) is 87.5 cm³/mol. The van der Waals surface area contributed by atoms with E-state index in [2.05, 4.69) is 55.4 Å². The van der Waals surface area contributed by atoms with Crippen molar-refractivity contribution in [2.75, 3.05) is 0 Å². The molecular formula is C20H36. The van der Waals surface area contributed by atoms with Gasteiger partial charge < -0.3 is 0 Å². The fraction of sp³-hybridized carbons (Fsp3) is 1.00. The molecule has 0 saturated heterocycles. The average molecular weight is 277 g/mol. The zero-order valence-corrected chi connectivity index (χ0v) is 15.1. The molecular weight excluding hydrogens is 240 g/mol. The summed E-state index contributed by atoms with van der Waals surface area (Å²) >= 11 is 0. The quantitative estimate of drug-likeness (QED) is 0.592. The highest BCUT2D eigenvalue weighted by Crippen LogP contribution is 2.85. The Morgan fingerprint density at radius 1 is 1.10 bits per heavy atom. The zero-order valence-electron chi connectivity index (χ0n) is 15.1. The van der Waals surface area contributed by atoms with Crippen LogP contribution in [0.25, 0.3) is 0 Å². The average Bonchev–Trinajstić information content (AvgIpc) is 2.77. The van der Waals surface area contributed by atoms with Gasteiger partial charge in [-0.15, -0.1) is 0 Å². The van der Waals surface area contributed by atoms with Crippen LogP contribution in [0.15, 0.2) is 0 Å². The van der Waals surface area contributed by atoms with Gasteiger partial charge in [0.15, 0.2) is 0 Å². The smallest absolute Gasteiger partial charge is 0.0174 e. The first kappa shape index (κ1) is 14.9. The van der Waals surface area contributed by atoms with Crippen molar-refractivity contribution in [3.63, 3.8) is 0 Å². The Morgan fingerprint density at radius 2 is 1.70 bits per heavy atom. The molecule has 0 aliphatic heterocycles. The monoisotopic (exact) mass is 276 g/mol. The molecule has 3 saturated carbocycles. The largest absolute Gasteiger partial charge is 0.0651 e. The van der Waals surface area contributed by atoms with Crippen LogP contribution in [0, 0.1) is 51.8 Å². The molecule has 3 aliphatic carbocycles. The van der Waals surface area contributed by atoms with Crippen LogP contribution >= 0.6 is 0 Å². The summed E-state index contributed by atoms with van der Waals surface area (Å²) in [5, 5.41) is 0. The van der Waals surface area contributed by atoms with Crippen molar-refractivity contribution < 1.29 is 0 Å². The highest BCUT2D eigenvalue weighted by molar-refractivity contribution is 5.27.